The summed E-state index contributed by atoms with van der Waals surface area (Å²) in [7, 11) is 3.36. The average Bonchev–Trinajstić information content (AvgIpc) is 2.34. The fourth-order valence-corrected chi connectivity index (χ4v) is 1.86. The lowest BCUT2D eigenvalue weighted by Gasteiger charge is -2.23. The van der Waals surface area contributed by atoms with Gasteiger partial charge in [-0.05, 0) is 24.0 Å². The molecule has 0 aromatic carbocycles. The molecule has 20 heavy (non-hydrogen) atoms. The number of nitrogens with one attached hydrogen (secondary N) is 1. The van der Waals surface area contributed by atoms with E-state index in [4.69, 9.17) is 5.73 Å². The molecule has 0 aliphatic heterocycles. The van der Waals surface area contributed by atoms with Crippen LogP contribution in [0.5, 0.6) is 0 Å². The minimum Gasteiger partial charge on any atom is -0.367 e. The molecule has 1 atom stereocenters. The first kappa shape index (κ1) is 16.4. The fourth-order valence-electron chi connectivity index (χ4n) is 1.86. The van der Waals surface area contributed by atoms with Crippen LogP contribution in [0.2, 0.25) is 0 Å². The number of hydrogen-bond acceptors (Lipinski definition) is 5. The Morgan fingerprint density at radius 2 is 2.00 bits per heavy atom. The van der Waals surface area contributed by atoms with E-state index in [1.807, 2.05) is 0 Å². The molecule has 0 saturated heterocycles. The Hall–Kier alpha value is -1.69. The van der Waals surface area contributed by atoms with Gasteiger partial charge in [-0.1, -0.05) is 20.8 Å². The number of aromatic nitrogens is 2. The van der Waals surface area contributed by atoms with Gasteiger partial charge in [0, 0.05) is 26.7 Å². The third kappa shape index (κ3) is 5.52. The van der Waals surface area contributed by atoms with E-state index in [1.165, 1.54) is 4.90 Å². The van der Waals surface area contributed by atoms with Gasteiger partial charge in [-0.15, -0.1) is 10.2 Å². The van der Waals surface area contributed by atoms with Crippen LogP contribution in [0, 0.1) is 5.41 Å². The maximum absolute atomic E-state index is 11.7. The van der Waals surface area contributed by atoms with E-state index in [0.717, 1.165) is 6.42 Å². The monoisotopic (exact) mass is 279 g/mol. The molecular formula is C14H25N5O. The van der Waals surface area contributed by atoms with E-state index in [1.54, 1.807) is 26.2 Å². The smallest absolute Gasteiger partial charge is 0.273 e. The summed E-state index contributed by atoms with van der Waals surface area (Å²) >= 11 is 0. The summed E-state index contributed by atoms with van der Waals surface area (Å²) in [6, 6.07) is 3.46. The Balaban J connectivity index is 2.52. The van der Waals surface area contributed by atoms with Gasteiger partial charge in [0.25, 0.3) is 5.91 Å². The lowest BCUT2D eigenvalue weighted by molar-refractivity contribution is 0.0821. The topological polar surface area (TPSA) is 84.1 Å². The number of rotatable bonds is 5. The highest BCUT2D eigenvalue weighted by molar-refractivity contribution is 5.91. The fraction of sp³-hybridized carbons (Fsp3) is 0.643. The number of amides is 1. The van der Waals surface area contributed by atoms with E-state index in [0.29, 0.717) is 18.1 Å². The molecule has 0 aliphatic rings. The van der Waals surface area contributed by atoms with E-state index >= 15 is 0 Å². The first-order valence-corrected chi connectivity index (χ1v) is 6.74. The van der Waals surface area contributed by atoms with Crippen LogP contribution in [0.15, 0.2) is 12.1 Å². The molecule has 0 radical (unpaired) electrons. The normalized spacial score (nSPS) is 12.9. The van der Waals surface area contributed by atoms with Crippen molar-refractivity contribution in [2.24, 2.45) is 11.1 Å². The van der Waals surface area contributed by atoms with Gasteiger partial charge in [-0.2, -0.15) is 0 Å². The molecule has 1 heterocycles. The van der Waals surface area contributed by atoms with E-state index in [2.05, 4.69) is 36.3 Å². The van der Waals surface area contributed by atoms with E-state index in [-0.39, 0.29) is 17.4 Å². The SMILES string of the molecule is CN(C)C(=O)c1ccc(NCC(N)CC(C)(C)C)nn1. The van der Waals surface area contributed by atoms with Crippen molar-refractivity contribution in [3.63, 3.8) is 0 Å². The Morgan fingerprint density at radius 3 is 2.45 bits per heavy atom. The van der Waals surface area contributed by atoms with Crippen LogP contribution in [0.4, 0.5) is 5.82 Å². The van der Waals surface area contributed by atoms with Crippen molar-refractivity contribution in [1.82, 2.24) is 15.1 Å². The summed E-state index contributed by atoms with van der Waals surface area (Å²) in [4.78, 5) is 13.1. The van der Waals surface area contributed by atoms with Crippen LogP contribution in [0.25, 0.3) is 0 Å². The standard InChI is InChI=1S/C14H25N5O/c1-14(2,3)8-10(15)9-16-12-7-6-11(17-18-12)13(20)19(4)5/h6-7,10H,8-9,15H2,1-5H3,(H,16,18). The van der Waals surface area contributed by atoms with E-state index < -0.39 is 0 Å². The molecule has 112 valence electrons. The molecule has 1 aromatic rings. The molecule has 0 bridgehead atoms. The third-order valence-corrected chi connectivity index (χ3v) is 2.71. The van der Waals surface area contributed by atoms with Crippen molar-refractivity contribution in [2.45, 2.75) is 33.2 Å². The third-order valence-electron chi connectivity index (χ3n) is 2.71. The van der Waals surface area contributed by atoms with Gasteiger partial charge in [0.1, 0.15) is 5.82 Å². The molecule has 0 aliphatic carbocycles. The van der Waals surface area contributed by atoms with Gasteiger partial charge in [0.2, 0.25) is 0 Å². The molecule has 6 heteroatoms. The van der Waals surface area contributed by atoms with Crippen molar-refractivity contribution < 1.29 is 4.79 Å². The van der Waals surface area contributed by atoms with Crippen molar-refractivity contribution in [3.05, 3.63) is 17.8 Å². The van der Waals surface area contributed by atoms with Crippen LogP contribution < -0.4 is 11.1 Å². The molecule has 0 saturated carbocycles. The molecule has 1 amide bonds. The predicted molar refractivity (Wildman–Crippen MR) is 80.6 cm³/mol. The summed E-state index contributed by atoms with van der Waals surface area (Å²) in [6.45, 7) is 7.11. The number of nitrogens with zero attached hydrogens (tertiary/aromatic N) is 3. The van der Waals surface area contributed by atoms with Gasteiger partial charge < -0.3 is 16.0 Å². The second-order valence-electron chi connectivity index (χ2n) is 6.41. The summed E-state index contributed by atoms with van der Waals surface area (Å²) in [6.07, 6.45) is 0.921. The zero-order valence-corrected chi connectivity index (χ0v) is 13.0. The number of hydrogen-bond donors (Lipinski definition) is 2. The average molecular weight is 279 g/mol. The molecule has 1 unspecified atom stereocenters. The van der Waals surface area contributed by atoms with Crippen molar-refractivity contribution in [2.75, 3.05) is 26.0 Å². The van der Waals surface area contributed by atoms with Crippen molar-refractivity contribution in [1.29, 1.82) is 0 Å². The molecule has 1 rings (SSSR count). The van der Waals surface area contributed by atoms with Crippen molar-refractivity contribution in [3.8, 4) is 0 Å². The Bertz CT molecular complexity index is 436. The first-order chi connectivity index (χ1) is 9.19. The van der Waals surface area contributed by atoms with Crippen LogP contribution in [0.3, 0.4) is 0 Å². The largest absolute Gasteiger partial charge is 0.367 e. The quantitative estimate of drug-likeness (QED) is 0.850. The summed E-state index contributed by atoms with van der Waals surface area (Å²) in [5.41, 5.74) is 6.59. The van der Waals surface area contributed by atoms with Gasteiger partial charge in [-0.25, -0.2) is 0 Å². The number of anilines is 1. The second-order valence-corrected chi connectivity index (χ2v) is 6.41. The molecule has 3 N–H and O–H groups in total. The number of carbonyl (C=O) groups excluding carboxylic acids is 1. The minimum absolute atomic E-state index is 0.0554. The molecule has 0 fully saturated rings. The van der Waals surface area contributed by atoms with Gasteiger partial charge >= 0.3 is 0 Å². The van der Waals surface area contributed by atoms with Gasteiger partial charge in [0.15, 0.2) is 5.69 Å². The predicted octanol–water partition coefficient (Wildman–Crippen LogP) is 1.35. The Morgan fingerprint density at radius 1 is 1.35 bits per heavy atom. The Kier molecular flexibility index (Phi) is 5.44. The lowest BCUT2D eigenvalue weighted by atomic mass is 9.88. The van der Waals surface area contributed by atoms with Crippen LogP contribution in [0.1, 0.15) is 37.7 Å². The summed E-state index contributed by atoms with van der Waals surface area (Å²) < 4.78 is 0. The molecule has 1 aromatic heterocycles. The van der Waals surface area contributed by atoms with Crippen LogP contribution >= 0.6 is 0 Å². The zero-order valence-electron chi connectivity index (χ0n) is 13.0. The summed E-state index contributed by atoms with van der Waals surface area (Å²) in [5, 5.41) is 11.0. The van der Waals surface area contributed by atoms with Gasteiger partial charge in [-0.3, -0.25) is 4.79 Å². The van der Waals surface area contributed by atoms with Crippen molar-refractivity contribution >= 4 is 11.7 Å². The second kappa shape index (κ2) is 6.65. The van der Waals surface area contributed by atoms with Gasteiger partial charge in [0.05, 0.1) is 0 Å². The maximum Gasteiger partial charge on any atom is 0.273 e. The summed E-state index contributed by atoms with van der Waals surface area (Å²) in [5.74, 6) is 0.471. The zero-order chi connectivity index (χ0) is 15.3. The highest BCUT2D eigenvalue weighted by atomic mass is 16.2. The van der Waals surface area contributed by atoms with Crippen LogP contribution in [-0.4, -0.2) is 47.7 Å². The highest BCUT2D eigenvalue weighted by Crippen LogP contribution is 2.19. The maximum atomic E-state index is 11.7. The Labute approximate surface area is 120 Å². The van der Waals surface area contributed by atoms with E-state index in [9.17, 15) is 4.79 Å². The van der Waals surface area contributed by atoms with Crippen LogP contribution in [-0.2, 0) is 0 Å². The molecule has 6 nitrogen and oxygen atoms in total. The minimum atomic E-state index is -0.159. The highest BCUT2D eigenvalue weighted by Gasteiger charge is 2.15. The molecule has 0 spiro atoms. The number of carbonyl (C=O) groups is 1. The molecular weight excluding hydrogens is 254 g/mol. The lowest BCUT2D eigenvalue weighted by Crippen LogP contribution is -2.33. The first-order valence-electron chi connectivity index (χ1n) is 6.74. The number of nitrogens with two attached hydrogens (primary N) is 1.